The van der Waals surface area contributed by atoms with Gasteiger partial charge < -0.3 is 8.94 Å². The number of rotatable bonds is 7. The molecule has 160 valence electrons. The first-order chi connectivity index (χ1) is 14.9. The number of anilines is 1. The van der Waals surface area contributed by atoms with Gasteiger partial charge in [-0.15, -0.1) is 0 Å². The second-order valence-corrected chi connectivity index (χ2v) is 9.25. The molecule has 0 bridgehead atoms. The van der Waals surface area contributed by atoms with Crippen LogP contribution in [-0.4, -0.2) is 23.1 Å². The number of benzene rings is 2. The zero-order valence-electron chi connectivity index (χ0n) is 16.7. The molecule has 5 rings (SSSR count). The van der Waals surface area contributed by atoms with Gasteiger partial charge in [0.05, 0.1) is 17.0 Å². The number of sulfonamides is 1. The Hall–Kier alpha value is -3.40. The molecule has 1 N–H and O–H groups in total. The van der Waals surface area contributed by atoms with Crippen molar-refractivity contribution >= 4 is 26.8 Å². The largest absolute Gasteiger partial charge is 0.420 e. The predicted octanol–water partition coefficient (Wildman–Crippen LogP) is 3.27. The number of hydrogen-bond donors (Lipinski definition) is 1. The van der Waals surface area contributed by atoms with Crippen LogP contribution in [-0.2, 0) is 23.0 Å². The Balaban J connectivity index is 1.42. The molecule has 1 fully saturated rings. The van der Waals surface area contributed by atoms with E-state index in [0.717, 1.165) is 24.8 Å². The average molecular weight is 440 g/mol. The molecule has 1 aliphatic carbocycles. The molecule has 0 atom stereocenters. The lowest BCUT2D eigenvalue weighted by Gasteiger charge is -2.08. The molecule has 1 saturated carbocycles. The Bertz CT molecular complexity index is 1410. The van der Waals surface area contributed by atoms with E-state index in [2.05, 4.69) is 14.9 Å². The first kappa shape index (κ1) is 19.6. The molecule has 10 heteroatoms. The summed E-state index contributed by atoms with van der Waals surface area (Å²) >= 11 is 0. The third-order valence-corrected chi connectivity index (χ3v) is 6.65. The summed E-state index contributed by atoms with van der Waals surface area (Å²) in [5, 5.41) is 3.92. The van der Waals surface area contributed by atoms with Crippen molar-refractivity contribution in [1.82, 2.24) is 14.7 Å². The van der Waals surface area contributed by atoms with Crippen LogP contribution in [0.15, 0.2) is 61.1 Å². The molecule has 0 radical (unpaired) electrons. The number of fused-ring (bicyclic) bond motifs is 1. The van der Waals surface area contributed by atoms with Crippen molar-refractivity contribution in [3.05, 3.63) is 70.3 Å². The lowest BCUT2D eigenvalue weighted by molar-refractivity contribution is 0.372. The summed E-state index contributed by atoms with van der Waals surface area (Å²) in [5.74, 6) is 0.658. The highest BCUT2D eigenvalue weighted by Crippen LogP contribution is 2.38. The third kappa shape index (κ3) is 3.86. The minimum Gasteiger partial charge on any atom is -0.408 e. The molecule has 31 heavy (non-hydrogen) atoms. The third-order valence-electron chi connectivity index (χ3n) is 5.27. The Morgan fingerprint density at radius 2 is 1.94 bits per heavy atom. The lowest BCUT2D eigenvalue weighted by atomic mass is 10.2. The highest BCUT2D eigenvalue weighted by atomic mass is 32.2. The van der Waals surface area contributed by atoms with Gasteiger partial charge in [-0.2, -0.15) is 4.98 Å². The molecule has 0 aliphatic heterocycles. The van der Waals surface area contributed by atoms with E-state index < -0.39 is 15.8 Å². The van der Waals surface area contributed by atoms with Gasteiger partial charge in [-0.1, -0.05) is 24.2 Å². The number of oxazole rings is 1. The van der Waals surface area contributed by atoms with E-state index >= 15 is 0 Å². The molecule has 2 aromatic carbocycles. The fraction of sp³-hybridized carbons (Fsp3) is 0.286. The van der Waals surface area contributed by atoms with Crippen molar-refractivity contribution in [2.24, 2.45) is 0 Å². The average Bonchev–Trinajstić information content (AvgIpc) is 3.42. The quantitative estimate of drug-likeness (QED) is 0.468. The molecule has 2 aromatic heterocycles. The van der Waals surface area contributed by atoms with E-state index in [-0.39, 0.29) is 17.0 Å². The molecule has 0 spiro atoms. The van der Waals surface area contributed by atoms with Gasteiger partial charge >= 0.3 is 5.76 Å². The number of nitrogens with zero attached hydrogens (tertiary/aromatic N) is 3. The maximum atomic E-state index is 12.8. The smallest absolute Gasteiger partial charge is 0.408 e. The predicted molar refractivity (Wildman–Crippen MR) is 112 cm³/mol. The molecular formula is C21H20N4O5S. The molecule has 2 heterocycles. The van der Waals surface area contributed by atoms with Crippen molar-refractivity contribution in [3.63, 3.8) is 0 Å². The Morgan fingerprint density at radius 3 is 2.65 bits per heavy atom. The number of aryl methyl sites for hydroxylation is 1. The zero-order chi connectivity index (χ0) is 21.6. The standard InChI is InChI=1S/C21H20N4O5S/c1-2-13-3-7-15(8-4-13)24-31(27,28)16-9-10-17-18(11-16)29-21(26)25(17)12-19-22-20(30-23-19)14-5-6-14/h3-4,7-11,14,24H,2,5-6,12H2,1H3. The van der Waals surface area contributed by atoms with Gasteiger partial charge in [0, 0.05) is 17.7 Å². The highest BCUT2D eigenvalue weighted by Gasteiger charge is 2.29. The van der Waals surface area contributed by atoms with E-state index in [0.29, 0.717) is 28.8 Å². The summed E-state index contributed by atoms with van der Waals surface area (Å²) in [6.07, 6.45) is 2.93. The summed E-state index contributed by atoms with van der Waals surface area (Å²) in [5.41, 5.74) is 2.19. The van der Waals surface area contributed by atoms with E-state index in [1.807, 2.05) is 19.1 Å². The van der Waals surface area contributed by atoms with Crippen molar-refractivity contribution in [1.29, 1.82) is 0 Å². The first-order valence-corrected chi connectivity index (χ1v) is 11.5. The van der Waals surface area contributed by atoms with E-state index in [1.54, 1.807) is 12.1 Å². The molecule has 4 aromatic rings. The van der Waals surface area contributed by atoms with Crippen molar-refractivity contribution < 1.29 is 17.4 Å². The van der Waals surface area contributed by atoms with E-state index in [1.165, 1.54) is 22.8 Å². The maximum absolute atomic E-state index is 12.8. The number of nitrogens with one attached hydrogen (secondary N) is 1. The summed E-state index contributed by atoms with van der Waals surface area (Å²) in [6, 6.07) is 11.5. The lowest BCUT2D eigenvalue weighted by Crippen LogP contribution is -2.15. The van der Waals surface area contributed by atoms with Gasteiger partial charge in [0.2, 0.25) is 5.89 Å². The molecule has 0 unspecified atom stereocenters. The van der Waals surface area contributed by atoms with Crippen LogP contribution >= 0.6 is 0 Å². The van der Waals surface area contributed by atoms with Gasteiger partial charge in [0.1, 0.15) is 0 Å². The minimum atomic E-state index is -3.85. The summed E-state index contributed by atoms with van der Waals surface area (Å²) in [7, 11) is -3.85. The summed E-state index contributed by atoms with van der Waals surface area (Å²) < 4.78 is 40.0. The maximum Gasteiger partial charge on any atom is 0.420 e. The van der Waals surface area contributed by atoms with Gasteiger partial charge in [0.15, 0.2) is 11.4 Å². The van der Waals surface area contributed by atoms with Crippen LogP contribution in [0.2, 0.25) is 0 Å². The molecule has 9 nitrogen and oxygen atoms in total. The van der Waals surface area contributed by atoms with Gasteiger partial charge in [-0.3, -0.25) is 9.29 Å². The summed E-state index contributed by atoms with van der Waals surface area (Å²) in [6.45, 7) is 2.11. The minimum absolute atomic E-state index is 0.00366. The van der Waals surface area contributed by atoms with E-state index in [4.69, 9.17) is 8.94 Å². The van der Waals surface area contributed by atoms with Crippen molar-refractivity contribution in [2.75, 3.05) is 4.72 Å². The highest BCUT2D eigenvalue weighted by molar-refractivity contribution is 7.92. The Labute approximate surface area is 177 Å². The van der Waals surface area contributed by atoms with Gasteiger partial charge in [-0.05, 0) is 49.1 Å². The van der Waals surface area contributed by atoms with Crippen molar-refractivity contribution in [2.45, 2.75) is 43.5 Å². The fourth-order valence-electron chi connectivity index (χ4n) is 3.36. The second-order valence-electron chi connectivity index (χ2n) is 7.56. The van der Waals surface area contributed by atoms with Gasteiger partial charge in [-0.25, -0.2) is 13.2 Å². The van der Waals surface area contributed by atoms with Gasteiger partial charge in [0.25, 0.3) is 10.0 Å². The molecule has 1 aliphatic rings. The monoisotopic (exact) mass is 440 g/mol. The topological polar surface area (TPSA) is 120 Å². The molecular weight excluding hydrogens is 420 g/mol. The summed E-state index contributed by atoms with van der Waals surface area (Å²) in [4.78, 5) is 16.7. The zero-order valence-corrected chi connectivity index (χ0v) is 17.6. The van der Waals surface area contributed by atoms with Crippen LogP contribution in [0.25, 0.3) is 11.1 Å². The van der Waals surface area contributed by atoms with Crippen LogP contribution < -0.4 is 10.5 Å². The second kappa shape index (κ2) is 7.38. The van der Waals surface area contributed by atoms with Crippen LogP contribution in [0.1, 0.15) is 43.0 Å². The van der Waals surface area contributed by atoms with E-state index in [9.17, 15) is 13.2 Å². The Kier molecular flexibility index (Phi) is 4.66. The van der Waals surface area contributed by atoms with Crippen LogP contribution in [0.5, 0.6) is 0 Å². The number of aromatic nitrogens is 3. The number of hydrogen-bond acceptors (Lipinski definition) is 7. The van der Waals surface area contributed by atoms with Crippen LogP contribution in [0.3, 0.4) is 0 Å². The fourth-order valence-corrected chi connectivity index (χ4v) is 4.43. The Morgan fingerprint density at radius 1 is 1.16 bits per heavy atom. The molecule has 0 amide bonds. The SMILES string of the molecule is CCc1ccc(NS(=O)(=O)c2ccc3c(c2)oc(=O)n3Cc2noc(C3CC3)n2)cc1. The van der Waals surface area contributed by atoms with Crippen LogP contribution in [0, 0.1) is 0 Å². The first-order valence-electron chi connectivity index (χ1n) is 10.0. The van der Waals surface area contributed by atoms with Crippen molar-refractivity contribution in [3.8, 4) is 0 Å². The molecule has 0 saturated heterocycles. The van der Waals surface area contributed by atoms with Crippen LogP contribution in [0.4, 0.5) is 5.69 Å². The normalized spacial score (nSPS) is 14.2.